The summed E-state index contributed by atoms with van der Waals surface area (Å²) in [5, 5.41) is 0. The number of hydrogen-bond donors (Lipinski definition) is 0. The van der Waals surface area contributed by atoms with Crippen LogP contribution in [0.15, 0.2) is 48.8 Å². The second-order valence-electron chi connectivity index (χ2n) is 9.04. The van der Waals surface area contributed by atoms with E-state index in [1.165, 1.54) is 23.8 Å². The first-order valence-corrected chi connectivity index (χ1v) is 14.9. The van der Waals surface area contributed by atoms with E-state index in [0.29, 0.717) is 17.9 Å². The van der Waals surface area contributed by atoms with Crippen LogP contribution in [0.5, 0.6) is 11.5 Å². The number of fused-ring (bicyclic) bond motifs is 1. The normalized spacial score (nSPS) is 12.7. The third kappa shape index (κ3) is 12.8. The zero-order valence-corrected chi connectivity index (χ0v) is 23.9. The Hall–Kier alpha value is -3.22. The highest BCUT2D eigenvalue weighted by atomic mass is 32.3. The Balaban J connectivity index is 0.000000366. The van der Waals surface area contributed by atoms with E-state index in [2.05, 4.69) is 11.1 Å². The van der Waals surface area contributed by atoms with Crippen molar-refractivity contribution in [3.8, 4) is 11.5 Å². The molecule has 1 aliphatic heterocycles. The summed E-state index contributed by atoms with van der Waals surface area (Å²) in [7, 11) is -4.47. The molecule has 1 atom stereocenters. The SMILES string of the molecule is CCCCCCCCOS(=O)(=O)[O-].CCCCOC(=O)C(C(=O)OCc1ccc2c(c1)OCO2)[n+]1ccccc1. The van der Waals surface area contributed by atoms with Crippen molar-refractivity contribution in [2.45, 2.75) is 77.9 Å². The lowest BCUT2D eigenvalue weighted by molar-refractivity contribution is -0.699. The van der Waals surface area contributed by atoms with Crippen molar-refractivity contribution in [3.63, 3.8) is 0 Å². The van der Waals surface area contributed by atoms with Crippen molar-refractivity contribution in [1.29, 1.82) is 0 Å². The third-order valence-corrected chi connectivity index (χ3v) is 6.22. The van der Waals surface area contributed by atoms with Gasteiger partial charge >= 0.3 is 18.0 Å². The van der Waals surface area contributed by atoms with Crippen LogP contribution >= 0.6 is 0 Å². The van der Waals surface area contributed by atoms with Crippen molar-refractivity contribution in [3.05, 3.63) is 54.4 Å². The monoisotopic (exact) mass is 581 g/mol. The van der Waals surface area contributed by atoms with Crippen molar-refractivity contribution < 1.29 is 50.3 Å². The van der Waals surface area contributed by atoms with Crippen LogP contribution in [-0.4, -0.2) is 44.9 Å². The molecular weight excluding hydrogens is 542 g/mol. The number of esters is 2. The van der Waals surface area contributed by atoms with E-state index < -0.39 is 28.4 Å². The van der Waals surface area contributed by atoms with E-state index in [1.807, 2.05) is 6.92 Å². The number of carbonyl (C=O) groups excluding carboxylic acids is 2. The number of nitrogens with zero attached hydrogens (tertiary/aromatic N) is 1. The van der Waals surface area contributed by atoms with Gasteiger partial charge in [0.2, 0.25) is 17.2 Å². The fraction of sp³-hybridized carbons (Fsp3) is 0.536. The van der Waals surface area contributed by atoms with Crippen molar-refractivity contribution in [2.24, 2.45) is 0 Å². The van der Waals surface area contributed by atoms with E-state index in [9.17, 15) is 22.6 Å². The summed E-state index contributed by atoms with van der Waals surface area (Å²) in [6.07, 6.45) is 11.1. The summed E-state index contributed by atoms with van der Waals surface area (Å²) in [5.74, 6) is -0.0421. The number of carbonyl (C=O) groups is 2. The molecule has 0 aliphatic carbocycles. The number of rotatable bonds is 16. The lowest BCUT2D eigenvalue weighted by Gasteiger charge is -2.12. The first-order valence-electron chi connectivity index (χ1n) is 13.5. The molecule has 3 rings (SSSR count). The standard InChI is InChI=1S/C20H22NO6.C8H18O4S/c1-2-3-11-24-19(22)18(21-9-5-4-6-10-21)20(23)25-13-15-7-8-16-17(12-15)27-14-26-16;1-2-3-4-5-6-7-8-12-13(9,10)11/h4-10,12,18H,2-3,11,13-14H2,1H3;2-8H2,1H3,(H,9,10,11)/q+1;/p-1. The fourth-order valence-corrected chi connectivity index (χ4v) is 3.95. The average Bonchev–Trinajstić information content (AvgIpc) is 3.40. The van der Waals surface area contributed by atoms with Crippen LogP contribution in [-0.2, 0) is 40.3 Å². The van der Waals surface area contributed by atoms with E-state index >= 15 is 0 Å². The second-order valence-corrected chi connectivity index (χ2v) is 10.1. The average molecular weight is 582 g/mol. The van der Waals surface area contributed by atoms with Gasteiger partial charge in [0.05, 0.1) is 13.2 Å². The van der Waals surface area contributed by atoms with Crippen LogP contribution in [0.3, 0.4) is 0 Å². The third-order valence-electron chi connectivity index (χ3n) is 5.77. The van der Waals surface area contributed by atoms with E-state index in [1.54, 1.807) is 48.8 Å². The first-order chi connectivity index (χ1) is 19.2. The molecule has 0 amide bonds. The molecule has 0 radical (unpaired) electrons. The maximum absolute atomic E-state index is 12.6. The molecule has 1 unspecified atom stereocenters. The van der Waals surface area contributed by atoms with Gasteiger partial charge in [0, 0.05) is 12.1 Å². The summed E-state index contributed by atoms with van der Waals surface area (Å²) in [6.45, 7) is 4.62. The lowest BCUT2D eigenvalue weighted by atomic mass is 10.1. The lowest BCUT2D eigenvalue weighted by Crippen LogP contribution is -2.49. The molecule has 1 aliphatic rings. The Labute approximate surface area is 236 Å². The Morgan fingerprint density at radius 3 is 2.23 bits per heavy atom. The van der Waals surface area contributed by atoms with Gasteiger partial charge < -0.3 is 23.5 Å². The van der Waals surface area contributed by atoms with Crippen LogP contribution in [0.25, 0.3) is 0 Å². The summed E-state index contributed by atoms with van der Waals surface area (Å²) in [6, 6.07) is 9.37. The Bertz CT molecular complexity index is 1140. The maximum atomic E-state index is 12.6. The summed E-state index contributed by atoms with van der Waals surface area (Å²) in [4.78, 5) is 25.1. The largest absolute Gasteiger partial charge is 0.726 e. The molecule has 0 saturated carbocycles. The molecule has 40 heavy (non-hydrogen) atoms. The Morgan fingerprint density at radius 2 is 1.52 bits per heavy atom. The van der Waals surface area contributed by atoms with Gasteiger partial charge in [-0.2, -0.15) is 4.57 Å². The number of benzene rings is 1. The zero-order valence-electron chi connectivity index (χ0n) is 23.1. The fourth-order valence-electron chi connectivity index (χ4n) is 3.63. The number of ether oxygens (including phenoxy) is 4. The zero-order chi connectivity index (χ0) is 29.2. The predicted molar refractivity (Wildman–Crippen MR) is 143 cm³/mol. The molecular formula is C28H39NO10S. The minimum Gasteiger partial charge on any atom is -0.726 e. The van der Waals surface area contributed by atoms with Crippen LogP contribution in [0, 0.1) is 0 Å². The molecule has 11 nitrogen and oxygen atoms in total. The highest BCUT2D eigenvalue weighted by Gasteiger charge is 2.38. The number of pyridine rings is 1. The van der Waals surface area contributed by atoms with Crippen LogP contribution in [0.4, 0.5) is 0 Å². The Morgan fingerprint density at radius 1 is 0.875 bits per heavy atom. The molecule has 0 bridgehead atoms. The van der Waals surface area contributed by atoms with Gasteiger partial charge in [-0.15, -0.1) is 0 Å². The topological polar surface area (TPSA) is 141 Å². The van der Waals surface area contributed by atoms with Gasteiger partial charge in [-0.1, -0.05) is 64.5 Å². The molecule has 1 aromatic carbocycles. The number of unbranched alkanes of at least 4 members (excludes halogenated alkanes) is 6. The van der Waals surface area contributed by atoms with Crippen LogP contribution in [0.1, 0.15) is 76.8 Å². The molecule has 222 valence electrons. The molecule has 1 aromatic heterocycles. The van der Waals surface area contributed by atoms with E-state index in [4.69, 9.17) is 18.9 Å². The second kappa shape index (κ2) is 18.2. The first kappa shape index (κ1) is 33.0. The van der Waals surface area contributed by atoms with Gasteiger partial charge in [-0.05, 0) is 30.5 Å². The Kier molecular flexibility index (Phi) is 15.0. The minimum atomic E-state index is -4.47. The van der Waals surface area contributed by atoms with Crippen LogP contribution < -0.4 is 14.0 Å². The van der Waals surface area contributed by atoms with Gasteiger partial charge in [0.25, 0.3) is 0 Å². The quantitative estimate of drug-likeness (QED) is 0.0708. The van der Waals surface area contributed by atoms with Crippen LogP contribution in [0.2, 0.25) is 0 Å². The highest BCUT2D eigenvalue weighted by molar-refractivity contribution is 7.80. The number of aromatic nitrogens is 1. The summed E-state index contributed by atoms with van der Waals surface area (Å²) in [5.41, 5.74) is 0.740. The maximum Gasteiger partial charge on any atom is 0.388 e. The van der Waals surface area contributed by atoms with E-state index in [0.717, 1.165) is 31.2 Å². The van der Waals surface area contributed by atoms with Gasteiger partial charge in [0.15, 0.2) is 23.9 Å². The molecule has 0 N–H and O–H groups in total. The summed E-state index contributed by atoms with van der Waals surface area (Å²) >= 11 is 0. The smallest absolute Gasteiger partial charge is 0.388 e. The van der Waals surface area contributed by atoms with Crippen molar-refractivity contribution in [1.82, 2.24) is 0 Å². The molecule has 0 spiro atoms. The van der Waals surface area contributed by atoms with E-state index in [-0.39, 0.29) is 26.6 Å². The molecule has 0 saturated heterocycles. The molecule has 12 heteroatoms. The summed E-state index contributed by atoms with van der Waals surface area (Å²) < 4.78 is 56.7. The van der Waals surface area contributed by atoms with Crippen molar-refractivity contribution in [2.75, 3.05) is 20.0 Å². The van der Waals surface area contributed by atoms with Crippen molar-refractivity contribution >= 4 is 22.3 Å². The highest BCUT2D eigenvalue weighted by Crippen LogP contribution is 2.32. The van der Waals surface area contributed by atoms with Gasteiger partial charge in [0.1, 0.15) is 6.61 Å². The molecule has 0 fully saturated rings. The molecule has 2 heterocycles. The molecule has 2 aromatic rings. The number of hydrogen-bond acceptors (Lipinski definition) is 10. The van der Waals surface area contributed by atoms with Gasteiger partial charge in [-0.25, -0.2) is 18.0 Å². The predicted octanol–water partition coefficient (Wildman–Crippen LogP) is 4.15. The van der Waals surface area contributed by atoms with Gasteiger partial charge in [-0.3, -0.25) is 4.18 Å². The minimum absolute atomic E-state index is 0.0155.